The molecule has 0 atom stereocenters. The predicted octanol–water partition coefficient (Wildman–Crippen LogP) is 5.63. The summed E-state index contributed by atoms with van der Waals surface area (Å²) in [5, 5.41) is 2.33. The second kappa shape index (κ2) is 6.67. The normalized spacial score (nSPS) is 11.3. The lowest BCUT2D eigenvalue weighted by Crippen LogP contribution is -2.05. The van der Waals surface area contributed by atoms with Crippen molar-refractivity contribution < 1.29 is 0 Å². The van der Waals surface area contributed by atoms with E-state index in [2.05, 4.69) is 29.2 Å². The standard InChI is InChI=1S/C25H17N5/c1-3-9-17(10-4-1)22-27-23(18-11-5-2-6-12-18)29-25(28-22)30-16-15-20-19-13-7-8-14-21(19)26-24(20)30/h1-16,26H. The molecule has 0 aliphatic heterocycles. The average molecular weight is 387 g/mol. The van der Waals surface area contributed by atoms with Crippen LogP contribution in [0.1, 0.15) is 0 Å². The molecule has 3 aromatic carbocycles. The largest absolute Gasteiger partial charge is 0.340 e. The number of hydrogen-bond acceptors (Lipinski definition) is 3. The lowest BCUT2D eigenvalue weighted by Gasteiger charge is -2.09. The number of nitrogens with one attached hydrogen (secondary N) is 1. The zero-order valence-electron chi connectivity index (χ0n) is 16.0. The highest BCUT2D eigenvalue weighted by Gasteiger charge is 2.15. The second-order valence-electron chi connectivity index (χ2n) is 7.13. The van der Waals surface area contributed by atoms with E-state index in [0.717, 1.165) is 27.7 Å². The second-order valence-corrected chi connectivity index (χ2v) is 7.13. The van der Waals surface area contributed by atoms with E-state index in [-0.39, 0.29) is 0 Å². The van der Waals surface area contributed by atoms with Crippen LogP contribution in [0.4, 0.5) is 0 Å². The number of aromatic nitrogens is 5. The van der Waals surface area contributed by atoms with Crippen molar-refractivity contribution in [3.8, 4) is 28.7 Å². The molecule has 0 aliphatic rings. The quantitative estimate of drug-likeness (QED) is 0.428. The summed E-state index contributed by atoms with van der Waals surface area (Å²) in [5.74, 6) is 1.89. The zero-order chi connectivity index (χ0) is 19.9. The van der Waals surface area contributed by atoms with Crippen LogP contribution in [0.25, 0.3) is 50.7 Å². The first-order valence-electron chi connectivity index (χ1n) is 9.82. The molecule has 0 saturated carbocycles. The van der Waals surface area contributed by atoms with Gasteiger partial charge >= 0.3 is 0 Å². The van der Waals surface area contributed by atoms with Gasteiger partial charge in [-0.05, 0) is 12.1 Å². The maximum Gasteiger partial charge on any atom is 0.239 e. The lowest BCUT2D eigenvalue weighted by molar-refractivity contribution is 0.926. The van der Waals surface area contributed by atoms with Gasteiger partial charge in [0.1, 0.15) is 5.65 Å². The number of fused-ring (bicyclic) bond motifs is 3. The molecule has 0 amide bonds. The highest BCUT2D eigenvalue weighted by atomic mass is 15.2. The fraction of sp³-hybridized carbons (Fsp3) is 0. The van der Waals surface area contributed by atoms with E-state index in [4.69, 9.17) is 15.0 Å². The summed E-state index contributed by atoms with van der Waals surface area (Å²) in [6.45, 7) is 0. The Morgan fingerprint density at radius 1 is 0.567 bits per heavy atom. The van der Waals surface area contributed by atoms with Gasteiger partial charge in [0.25, 0.3) is 0 Å². The van der Waals surface area contributed by atoms with Crippen molar-refractivity contribution in [3.05, 3.63) is 97.2 Å². The van der Waals surface area contributed by atoms with E-state index >= 15 is 0 Å². The molecule has 0 saturated heterocycles. The van der Waals surface area contributed by atoms with E-state index in [1.807, 2.05) is 77.5 Å². The number of aromatic amines is 1. The van der Waals surface area contributed by atoms with Gasteiger partial charge in [-0.25, -0.2) is 4.98 Å². The minimum Gasteiger partial charge on any atom is -0.340 e. The average Bonchev–Trinajstić information content (AvgIpc) is 3.39. The van der Waals surface area contributed by atoms with Crippen LogP contribution in [-0.2, 0) is 0 Å². The molecule has 3 aromatic heterocycles. The summed E-state index contributed by atoms with van der Waals surface area (Å²) < 4.78 is 2.00. The van der Waals surface area contributed by atoms with E-state index in [1.54, 1.807) is 0 Å². The van der Waals surface area contributed by atoms with Crippen molar-refractivity contribution in [2.45, 2.75) is 0 Å². The summed E-state index contributed by atoms with van der Waals surface area (Å²) in [6, 6.07) is 30.4. The Labute approximate surface area is 172 Å². The van der Waals surface area contributed by atoms with E-state index in [0.29, 0.717) is 17.6 Å². The maximum atomic E-state index is 4.81. The smallest absolute Gasteiger partial charge is 0.239 e. The predicted molar refractivity (Wildman–Crippen MR) is 119 cm³/mol. The monoisotopic (exact) mass is 387 g/mol. The molecule has 0 spiro atoms. The molecular weight excluding hydrogens is 370 g/mol. The molecule has 142 valence electrons. The fourth-order valence-corrected chi connectivity index (χ4v) is 3.80. The molecule has 1 N–H and O–H groups in total. The van der Waals surface area contributed by atoms with Crippen molar-refractivity contribution in [1.82, 2.24) is 24.5 Å². The molecule has 0 bridgehead atoms. The van der Waals surface area contributed by atoms with Crippen molar-refractivity contribution in [3.63, 3.8) is 0 Å². The Balaban J connectivity index is 1.61. The lowest BCUT2D eigenvalue weighted by atomic mass is 10.2. The Morgan fingerprint density at radius 2 is 1.17 bits per heavy atom. The summed E-state index contributed by atoms with van der Waals surface area (Å²) in [4.78, 5) is 17.9. The maximum absolute atomic E-state index is 4.81. The molecular formula is C25H17N5. The Kier molecular flexibility index (Phi) is 3.71. The van der Waals surface area contributed by atoms with Gasteiger partial charge in [0, 0.05) is 33.6 Å². The number of para-hydroxylation sites is 1. The first-order chi connectivity index (χ1) is 14.9. The van der Waals surface area contributed by atoms with E-state index in [1.165, 1.54) is 5.39 Å². The van der Waals surface area contributed by atoms with Crippen molar-refractivity contribution >= 4 is 21.9 Å². The third-order valence-corrected chi connectivity index (χ3v) is 5.26. The molecule has 5 heteroatoms. The van der Waals surface area contributed by atoms with Crippen LogP contribution in [0.5, 0.6) is 0 Å². The Bertz CT molecular complexity index is 1420. The molecule has 0 unspecified atom stereocenters. The van der Waals surface area contributed by atoms with Crippen LogP contribution in [0.3, 0.4) is 0 Å². The molecule has 0 aliphatic carbocycles. The van der Waals surface area contributed by atoms with Gasteiger partial charge in [-0.2, -0.15) is 9.97 Å². The molecule has 0 radical (unpaired) electrons. The summed E-state index contributed by atoms with van der Waals surface area (Å²) in [6.07, 6.45) is 2.01. The zero-order valence-corrected chi connectivity index (χ0v) is 16.0. The molecule has 30 heavy (non-hydrogen) atoms. The molecule has 3 heterocycles. The van der Waals surface area contributed by atoms with Crippen LogP contribution < -0.4 is 0 Å². The third-order valence-electron chi connectivity index (χ3n) is 5.26. The van der Waals surface area contributed by atoms with Crippen LogP contribution in [0.15, 0.2) is 97.2 Å². The van der Waals surface area contributed by atoms with Crippen molar-refractivity contribution in [2.24, 2.45) is 0 Å². The highest BCUT2D eigenvalue weighted by Crippen LogP contribution is 2.28. The first kappa shape index (κ1) is 16.7. The minimum absolute atomic E-state index is 0.587. The first-order valence-corrected chi connectivity index (χ1v) is 9.82. The number of benzene rings is 3. The van der Waals surface area contributed by atoms with Crippen molar-refractivity contribution in [1.29, 1.82) is 0 Å². The summed E-state index contributed by atoms with van der Waals surface area (Å²) in [7, 11) is 0. The molecule has 0 fully saturated rings. The molecule has 6 aromatic rings. The molecule has 6 rings (SSSR count). The fourth-order valence-electron chi connectivity index (χ4n) is 3.80. The SMILES string of the molecule is c1ccc(-c2nc(-c3ccccc3)nc(-n3ccc4c5ccccc5[nH]c43)n2)cc1. The van der Waals surface area contributed by atoms with Gasteiger partial charge in [0.05, 0.1) is 0 Å². The number of nitrogens with zero attached hydrogens (tertiary/aromatic N) is 4. The topological polar surface area (TPSA) is 59.4 Å². The Hall–Kier alpha value is -4.25. The number of hydrogen-bond donors (Lipinski definition) is 1. The van der Waals surface area contributed by atoms with Gasteiger partial charge in [0.15, 0.2) is 11.6 Å². The van der Waals surface area contributed by atoms with Crippen LogP contribution in [0.2, 0.25) is 0 Å². The number of rotatable bonds is 3. The van der Waals surface area contributed by atoms with Crippen LogP contribution >= 0.6 is 0 Å². The molecule has 5 nitrogen and oxygen atoms in total. The van der Waals surface area contributed by atoms with Gasteiger partial charge in [-0.1, -0.05) is 78.9 Å². The van der Waals surface area contributed by atoms with Gasteiger partial charge in [0.2, 0.25) is 5.95 Å². The summed E-state index contributed by atoms with van der Waals surface area (Å²) >= 11 is 0. The Morgan fingerprint density at radius 3 is 1.83 bits per heavy atom. The van der Waals surface area contributed by atoms with Crippen LogP contribution in [0, 0.1) is 0 Å². The third kappa shape index (κ3) is 2.68. The number of H-pyrrole nitrogens is 1. The highest BCUT2D eigenvalue weighted by molar-refractivity contribution is 6.06. The van der Waals surface area contributed by atoms with Gasteiger partial charge in [-0.15, -0.1) is 0 Å². The van der Waals surface area contributed by atoms with E-state index < -0.39 is 0 Å². The summed E-state index contributed by atoms with van der Waals surface area (Å²) in [5.41, 5.74) is 3.98. The van der Waals surface area contributed by atoms with Gasteiger partial charge < -0.3 is 4.98 Å². The van der Waals surface area contributed by atoms with E-state index in [9.17, 15) is 0 Å². The minimum atomic E-state index is 0.587. The van der Waals surface area contributed by atoms with Crippen molar-refractivity contribution in [2.75, 3.05) is 0 Å². The van der Waals surface area contributed by atoms with Gasteiger partial charge in [-0.3, -0.25) is 4.57 Å². The van der Waals surface area contributed by atoms with Crippen LogP contribution in [-0.4, -0.2) is 24.5 Å².